The molecular formula is C33H35FN8O. The fourth-order valence-electron chi connectivity index (χ4n) is 5.26. The van der Waals surface area contributed by atoms with E-state index >= 15 is 0 Å². The Labute approximate surface area is 251 Å². The molecule has 0 spiro atoms. The summed E-state index contributed by atoms with van der Waals surface area (Å²) in [6.07, 6.45) is 9.66. The summed E-state index contributed by atoms with van der Waals surface area (Å²) >= 11 is 0. The fourth-order valence-corrected chi connectivity index (χ4v) is 5.26. The number of aromatic nitrogens is 3. The van der Waals surface area contributed by atoms with Crippen LogP contribution in [0.4, 0.5) is 33.1 Å². The van der Waals surface area contributed by atoms with Crippen molar-refractivity contribution >= 4 is 34.3 Å². The largest absolute Gasteiger partial charge is 0.494 e. The van der Waals surface area contributed by atoms with Gasteiger partial charge in [0.15, 0.2) is 0 Å². The van der Waals surface area contributed by atoms with Crippen LogP contribution in [0.15, 0.2) is 85.5 Å². The van der Waals surface area contributed by atoms with E-state index in [9.17, 15) is 4.39 Å². The van der Waals surface area contributed by atoms with Crippen LogP contribution >= 0.6 is 0 Å². The van der Waals surface area contributed by atoms with E-state index < -0.39 is 0 Å². The third-order valence-corrected chi connectivity index (χ3v) is 7.69. The molecular weight excluding hydrogens is 543 g/mol. The number of hydrogen-bond acceptors (Lipinski definition) is 9. The number of likely N-dealkylation sites (N-methyl/N-ethyl adjacent to an activating group) is 2. The predicted molar refractivity (Wildman–Crippen MR) is 171 cm³/mol. The molecule has 2 aliphatic rings. The van der Waals surface area contributed by atoms with Crippen LogP contribution in [0, 0.1) is 5.82 Å². The molecule has 0 amide bonds. The van der Waals surface area contributed by atoms with Crippen molar-refractivity contribution < 1.29 is 9.13 Å². The Morgan fingerprint density at radius 3 is 2.40 bits per heavy atom. The van der Waals surface area contributed by atoms with Gasteiger partial charge < -0.3 is 30.1 Å². The third-order valence-electron chi connectivity index (χ3n) is 7.69. The maximum Gasteiger partial charge on any atom is 0.144 e. The smallest absolute Gasteiger partial charge is 0.144 e. The van der Waals surface area contributed by atoms with Gasteiger partial charge in [-0.1, -0.05) is 18.2 Å². The number of nitrogens with zero attached hydrogens (tertiary/aromatic N) is 6. The van der Waals surface area contributed by atoms with Gasteiger partial charge in [-0.3, -0.25) is 4.98 Å². The van der Waals surface area contributed by atoms with E-state index in [1.165, 1.54) is 18.0 Å². The highest BCUT2D eigenvalue weighted by molar-refractivity contribution is 5.88. The van der Waals surface area contributed by atoms with E-state index in [0.717, 1.165) is 61.1 Å². The van der Waals surface area contributed by atoms with Gasteiger partial charge in [0.05, 0.1) is 18.5 Å². The average molecular weight is 579 g/mol. The van der Waals surface area contributed by atoms with Gasteiger partial charge in [0, 0.05) is 80.6 Å². The molecule has 4 aromatic rings. The normalized spacial score (nSPS) is 15.3. The van der Waals surface area contributed by atoms with Gasteiger partial charge >= 0.3 is 0 Å². The van der Waals surface area contributed by atoms with Crippen LogP contribution in [-0.4, -0.2) is 78.7 Å². The summed E-state index contributed by atoms with van der Waals surface area (Å²) in [7, 11) is 5.92. The molecule has 0 saturated carbocycles. The molecule has 0 aliphatic carbocycles. The van der Waals surface area contributed by atoms with Crippen molar-refractivity contribution in [3.8, 4) is 17.0 Å². The summed E-state index contributed by atoms with van der Waals surface area (Å²) in [6, 6.07) is 16.3. The minimum atomic E-state index is -0.320. The maximum atomic E-state index is 14.4. The predicted octanol–water partition coefficient (Wildman–Crippen LogP) is 5.77. The SMILES string of the molecule is COc1cc(N2CCN(C)CC2)c(C2=CCN(C)C=C2)cc1Nc1cc(Nc2ccnc(-c3ccccc3F)c2)ncn1. The van der Waals surface area contributed by atoms with Crippen LogP contribution in [0.1, 0.15) is 5.56 Å². The van der Waals surface area contributed by atoms with Gasteiger partial charge in [0.25, 0.3) is 0 Å². The van der Waals surface area contributed by atoms with Crippen molar-refractivity contribution in [1.29, 1.82) is 0 Å². The van der Waals surface area contributed by atoms with Crippen LogP contribution < -0.4 is 20.3 Å². The molecule has 43 heavy (non-hydrogen) atoms. The molecule has 0 atom stereocenters. The molecule has 0 unspecified atom stereocenters. The Morgan fingerprint density at radius 1 is 0.860 bits per heavy atom. The summed E-state index contributed by atoms with van der Waals surface area (Å²) in [6.45, 7) is 4.76. The second-order valence-electron chi connectivity index (χ2n) is 10.7. The molecule has 6 rings (SSSR count). The number of hydrogen-bond donors (Lipinski definition) is 2. The molecule has 1 fully saturated rings. The van der Waals surface area contributed by atoms with Crippen molar-refractivity contribution in [3.63, 3.8) is 0 Å². The van der Waals surface area contributed by atoms with Crippen molar-refractivity contribution in [2.24, 2.45) is 0 Å². The molecule has 2 aliphatic heterocycles. The molecule has 2 N–H and O–H groups in total. The number of rotatable bonds is 8. The van der Waals surface area contributed by atoms with E-state index in [1.54, 1.807) is 37.6 Å². The van der Waals surface area contributed by atoms with Gasteiger partial charge in [-0.05, 0) is 55.2 Å². The van der Waals surface area contributed by atoms with Gasteiger partial charge in [-0.25, -0.2) is 14.4 Å². The van der Waals surface area contributed by atoms with Gasteiger partial charge in [0.2, 0.25) is 0 Å². The Kier molecular flexibility index (Phi) is 8.19. The first-order valence-electron chi connectivity index (χ1n) is 14.3. The number of piperazine rings is 1. The summed E-state index contributed by atoms with van der Waals surface area (Å²) in [5.74, 6) is 1.59. The second kappa shape index (κ2) is 12.5. The number of pyridine rings is 1. The Bertz CT molecular complexity index is 1660. The van der Waals surface area contributed by atoms with E-state index in [1.807, 2.05) is 12.1 Å². The van der Waals surface area contributed by atoms with Crippen molar-refractivity contribution in [3.05, 3.63) is 96.9 Å². The number of halogens is 1. The lowest BCUT2D eigenvalue weighted by Crippen LogP contribution is -2.44. The molecule has 10 heteroatoms. The molecule has 0 radical (unpaired) electrons. The topological polar surface area (TPSA) is 81.7 Å². The summed E-state index contributed by atoms with van der Waals surface area (Å²) in [4.78, 5) is 20.2. The Balaban J connectivity index is 1.29. The highest BCUT2D eigenvalue weighted by Gasteiger charge is 2.22. The highest BCUT2D eigenvalue weighted by Crippen LogP contribution is 2.40. The van der Waals surface area contributed by atoms with E-state index in [4.69, 9.17) is 4.74 Å². The molecule has 220 valence electrons. The summed E-state index contributed by atoms with van der Waals surface area (Å²) < 4.78 is 20.2. The van der Waals surface area contributed by atoms with Gasteiger partial charge in [-0.15, -0.1) is 0 Å². The van der Waals surface area contributed by atoms with Gasteiger partial charge in [0.1, 0.15) is 29.5 Å². The van der Waals surface area contributed by atoms with Crippen LogP contribution in [0.25, 0.3) is 16.8 Å². The first kappa shape index (κ1) is 28.2. The summed E-state index contributed by atoms with van der Waals surface area (Å²) in [5, 5.41) is 6.75. The van der Waals surface area contributed by atoms with Crippen molar-refractivity contribution in [2.45, 2.75) is 0 Å². The zero-order chi connectivity index (χ0) is 29.8. The minimum Gasteiger partial charge on any atom is -0.494 e. The van der Waals surface area contributed by atoms with Crippen molar-refractivity contribution in [2.75, 3.05) is 69.5 Å². The fraction of sp³-hybridized carbons (Fsp3) is 0.242. The molecule has 1 saturated heterocycles. The zero-order valence-corrected chi connectivity index (χ0v) is 24.6. The highest BCUT2D eigenvalue weighted by atomic mass is 19.1. The van der Waals surface area contributed by atoms with E-state index in [-0.39, 0.29) is 5.82 Å². The van der Waals surface area contributed by atoms with Crippen molar-refractivity contribution in [1.82, 2.24) is 24.8 Å². The van der Waals surface area contributed by atoms with E-state index in [2.05, 4.69) is 84.9 Å². The number of ether oxygens (including phenoxy) is 1. The van der Waals surface area contributed by atoms with Crippen LogP contribution in [0.3, 0.4) is 0 Å². The summed E-state index contributed by atoms with van der Waals surface area (Å²) in [5.41, 5.74) is 5.98. The minimum absolute atomic E-state index is 0.320. The quantitative estimate of drug-likeness (QED) is 0.271. The van der Waals surface area contributed by atoms with Crippen LogP contribution in [0.2, 0.25) is 0 Å². The number of allylic oxidation sites excluding steroid dienone is 2. The number of anilines is 5. The van der Waals surface area contributed by atoms with E-state index in [0.29, 0.717) is 22.9 Å². The molecule has 9 nitrogen and oxygen atoms in total. The monoisotopic (exact) mass is 578 g/mol. The Hall–Kier alpha value is -4.96. The third kappa shape index (κ3) is 6.44. The number of benzene rings is 2. The standard InChI is InChI=1S/C33H35FN8O/c1-40-12-9-23(10-13-40)26-19-29(31(43-3)20-30(26)42-16-14-41(2)15-17-42)39-33-21-32(36-22-37-33)38-24-8-11-35-28(18-24)25-6-4-5-7-27(25)34/h4-12,18-22H,13-17H2,1-3H3,(H2,35,36,37,38,39). The number of methoxy groups -OCH3 is 1. The van der Waals surface area contributed by atoms with Gasteiger partial charge in [-0.2, -0.15) is 0 Å². The first-order chi connectivity index (χ1) is 21.0. The lowest BCUT2D eigenvalue weighted by Gasteiger charge is -2.36. The molecule has 2 aromatic carbocycles. The lowest BCUT2D eigenvalue weighted by molar-refractivity contribution is 0.312. The Morgan fingerprint density at radius 2 is 1.65 bits per heavy atom. The molecule has 2 aromatic heterocycles. The molecule has 4 heterocycles. The maximum absolute atomic E-state index is 14.4. The lowest BCUT2D eigenvalue weighted by atomic mass is 9.99. The second-order valence-corrected chi connectivity index (χ2v) is 10.7. The zero-order valence-electron chi connectivity index (χ0n) is 24.6. The molecule has 0 bridgehead atoms. The average Bonchev–Trinajstić information content (AvgIpc) is 3.02. The number of nitrogens with one attached hydrogen (secondary N) is 2. The van der Waals surface area contributed by atoms with Crippen LogP contribution in [-0.2, 0) is 0 Å². The van der Waals surface area contributed by atoms with Crippen LogP contribution in [0.5, 0.6) is 5.75 Å². The first-order valence-corrected chi connectivity index (χ1v) is 14.3.